The molecule has 0 aromatic heterocycles. The van der Waals surface area contributed by atoms with Gasteiger partial charge in [-0.3, -0.25) is 8.79 Å². The van der Waals surface area contributed by atoms with Crippen molar-refractivity contribution in [3.63, 3.8) is 0 Å². The Labute approximate surface area is 143 Å². The van der Waals surface area contributed by atoms with Gasteiger partial charge in [-0.05, 0) is 20.0 Å². The van der Waals surface area contributed by atoms with Crippen LogP contribution in [0.4, 0.5) is 0 Å². The summed E-state index contributed by atoms with van der Waals surface area (Å²) in [5, 5.41) is 1.50. The van der Waals surface area contributed by atoms with Crippen molar-refractivity contribution < 1.29 is 0 Å². The molecule has 1 aromatic rings. The van der Waals surface area contributed by atoms with Crippen LogP contribution >= 0.6 is 8.07 Å². The van der Waals surface area contributed by atoms with Crippen LogP contribution in [0.1, 0.15) is 0 Å². The topological polar surface area (TPSA) is 6.48 Å². The average molecular weight is 371 g/mol. The highest BCUT2D eigenvalue weighted by molar-refractivity contribution is 7.64. The standard InChI is InChI=1S/C16H35N2PSi3/c1-19(16-14-12-11-13-15-16)17(20(2,3)4)18(21(5,6)7)22(8,9)10/h11-15H,1-10H3. The van der Waals surface area contributed by atoms with Gasteiger partial charge in [0.05, 0.1) is 0 Å². The molecule has 1 rings (SSSR count). The second-order valence-electron chi connectivity index (χ2n) is 8.97. The Morgan fingerprint density at radius 2 is 1.09 bits per heavy atom. The molecule has 126 valence electrons. The highest BCUT2D eigenvalue weighted by Gasteiger charge is 2.45. The van der Waals surface area contributed by atoms with Crippen molar-refractivity contribution in [2.45, 2.75) is 58.9 Å². The van der Waals surface area contributed by atoms with Crippen molar-refractivity contribution in [1.29, 1.82) is 0 Å². The van der Waals surface area contributed by atoms with E-state index in [1.165, 1.54) is 5.30 Å². The smallest absolute Gasteiger partial charge is 0.141 e. The van der Waals surface area contributed by atoms with Crippen LogP contribution in [-0.2, 0) is 0 Å². The molecule has 0 spiro atoms. The first kappa shape index (κ1) is 20.3. The predicted octanol–water partition coefficient (Wildman–Crippen LogP) is 5.36. The first-order valence-electron chi connectivity index (χ1n) is 8.15. The van der Waals surface area contributed by atoms with Crippen molar-refractivity contribution in [2.75, 3.05) is 6.66 Å². The Kier molecular flexibility index (Phi) is 6.44. The highest BCUT2D eigenvalue weighted by Crippen LogP contribution is 2.44. The lowest BCUT2D eigenvalue weighted by Crippen LogP contribution is -2.70. The van der Waals surface area contributed by atoms with E-state index in [2.05, 4.69) is 105 Å². The Balaban J connectivity index is 3.40. The molecule has 0 aliphatic heterocycles. The van der Waals surface area contributed by atoms with Gasteiger partial charge in [-0.25, -0.2) is 0 Å². The molecule has 0 fully saturated rings. The summed E-state index contributed by atoms with van der Waals surface area (Å²) in [5.41, 5.74) is 0. The summed E-state index contributed by atoms with van der Waals surface area (Å²) in [6.07, 6.45) is 0. The molecule has 0 radical (unpaired) electrons. The lowest BCUT2D eigenvalue weighted by molar-refractivity contribution is 0.385. The minimum absolute atomic E-state index is 0.305. The lowest BCUT2D eigenvalue weighted by Gasteiger charge is -2.57. The van der Waals surface area contributed by atoms with E-state index in [0.717, 1.165) is 0 Å². The second kappa shape index (κ2) is 6.99. The van der Waals surface area contributed by atoms with Crippen LogP contribution in [0.5, 0.6) is 0 Å². The van der Waals surface area contributed by atoms with Gasteiger partial charge >= 0.3 is 0 Å². The van der Waals surface area contributed by atoms with Crippen molar-refractivity contribution in [3.8, 4) is 0 Å². The van der Waals surface area contributed by atoms with E-state index in [1.54, 1.807) is 0 Å². The largest absolute Gasteiger partial charge is 0.286 e. The van der Waals surface area contributed by atoms with Crippen LogP contribution in [0.15, 0.2) is 30.3 Å². The van der Waals surface area contributed by atoms with Crippen molar-refractivity contribution >= 4 is 38.1 Å². The molecule has 1 aromatic carbocycles. The monoisotopic (exact) mass is 370 g/mol. The maximum atomic E-state index is 2.92. The lowest BCUT2D eigenvalue weighted by atomic mass is 10.4. The van der Waals surface area contributed by atoms with Crippen LogP contribution in [0.3, 0.4) is 0 Å². The molecular formula is C16H35N2PSi3. The van der Waals surface area contributed by atoms with E-state index in [0.29, 0.717) is 0 Å². The Morgan fingerprint density at radius 3 is 1.41 bits per heavy atom. The Bertz CT molecular complexity index is 461. The van der Waals surface area contributed by atoms with Crippen LogP contribution in [0.2, 0.25) is 58.9 Å². The third-order valence-electron chi connectivity index (χ3n) is 3.47. The molecule has 0 N–H and O–H groups in total. The fraction of sp³-hybridized carbons (Fsp3) is 0.625. The summed E-state index contributed by atoms with van der Waals surface area (Å²) in [4.78, 5) is 0. The van der Waals surface area contributed by atoms with Gasteiger partial charge in [0.25, 0.3) is 0 Å². The fourth-order valence-corrected chi connectivity index (χ4v) is 24.1. The molecule has 0 amide bonds. The zero-order valence-corrected chi connectivity index (χ0v) is 20.1. The second-order valence-corrected chi connectivity index (χ2v) is 26.0. The van der Waals surface area contributed by atoms with Crippen molar-refractivity contribution in [3.05, 3.63) is 30.3 Å². The predicted molar refractivity (Wildman–Crippen MR) is 113 cm³/mol. The molecule has 0 aliphatic rings. The number of benzene rings is 1. The quantitative estimate of drug-likeness (QED) is 0.378. The van der Waals surface area contributed by atoms with Crippen LogP contribution in [0, 0.1) is 0 Å². The minimum Gasteiger partial charge on any atom is -0.286 e. The molecule has 0 aliphatic carbocycles. The number of hydrogen-bond acceptors (Lipinski definition) is 2. The zero-order valence-electron chi connectivity index (χ0n) is 16.2. The van der Waals surface area contributed by atoms with E-state index in [1.807, 2.05) is 0 Å². The number of hydrazine groups is 1. The van der Waals surface area contributed by atoms with Gasteiger partial charge in [-0.1, -0.05) is 89.3 Å². The maximum absolute atomic E-state index is 2.92. The van der Waals surface area contributed by atoms with Gasteiger partial charge in [0.2, 0.25) is 0 Å². The zero-order chi connectivity index (χ0) is 17.3. The molecule has 1 unspecified atom stereocenters. The SMILES string of the molecule is CP(c1ccccc1)N(N([Si](C)(C)C)[Si](C)(C)C)[Si](C)(C)C. The van der Waals surface area contributed by atoms with Gasteiger partial charge in [-0.15, -0.1) is 0 Å². The first-order valence-corrected chi connectivity index (χ1v) is 20.2. The van der Waals surface area contributed by atoms with E-state index < -0.39 is 24.7 Å². The molecule has 1 atom stereocenters. The fourth-order valence-electron chi connectivity index (χ4n) is 3.21. The molecule has 22 heavy (non-hydrogen) atoms. The van der Waals surface area contributed by atoms with Gasteiger partial charge < -0.3 is 0 Å². The highest BCUT2D eigenvalue weighted by atomic mass is 31.1. The van der Waals surface area contributed by atoms with Gasteiger partial charge in [0.1, 0.15) is 24.7 Å². The van der Waals surface area contributed by atoms with Gasteiger partial charge in [0, 0.05) is 0 Å². The summed E-state index contributed by atoms with van der Waals surface area (Å²) < 4.78 is 5.81. The van der Waals surface area contributed by atoms with Gasteiger partial charge in [-0.2, -0.15) is 0 Å². The summed E-state index contributed by atoms with van der Waals surface area (Å²) in [6.45, 7) is 25.0. The Morgan fingerprint density at radius 1 is 0.682 bits per heavy atom. The minimum atomic E-state index is -1.46. The number of nitrogens with zero attached hydrogens (tertiary/aromatic N) is 2. The van der Waals surface area contributed by atoms with Crippen LogP contribution < -0.4 is 5.30 Å². The number of rotatable bonds is 6. The summed E-state index contributed by atoms with van der Waals surface area (Å²) in [6, 6.07) is 11.1. The molecule has 2 nitrogen and oxygen atoms in total. The van der Waals surface area contributed by atoms with Crippen molar-refractivity contribution in [2.24, 2.45) is 0 Å². The summed E-state index contributed by atoms with van der Waals surface area (Å²) in [5.74, 6) is 0. The summed E-state index contributed by atoms with van der Waals surface area (Å²) in [7, 11) is -4.60. The maximum Gasteiger partial charge on any atom is 0.141 e. The summed E-state index contributed by atoms with van der Waals surface area (Å²) >= 11 is 0. The van der Waals surface area contributed by atoms with E-state index in [9.17, 15) is 0 Å². The van der Waals surface area contributed by atoms with Gasteiger partial charge in [0.15, 0.2) is 0 Å². The normalized spacial score (nSPS) is 15.5. The number of hydrogen-bond donors (Lipinski definition) is 0. The molecule has 0 bridgehead atoms. The molecular weight excluding hydrogens is 335 g/mol. The van der Waals surface area contributed by atoms with E-state index in [-0.39, 0.29) is 8.07 Å². The Hall–Kier alpha value is 0.221. The third kappa shape index (κ3) is 5.11. The molecule has 6 heteroatoms. The third-order valence-corrected chi connectivity index (χ3v) is 17.1. The molecule has 0 saturated heterocycles. The van der Waals surface area contributed by atoms with Crippen LogP contribution in [-0.4, -0.2) is 40.2 Å². The van der Waals surface area contributed by atoms with E-state index >= 15 is 0 Å². The molecule has 0 saturated carbocycles. The molecule has 0 heterocycles. The first-order chi connectivity index (χ1) is 9.76. The average Bonchev–Trinajstić information content (AvgIpc) is 2.31. The van der Waals surface area contributed by atoms with Crippen molar-refractivity contribution in [1.82, 2.24) is 8.79 Å². The van der Waals surface area contributed by atoms with E-state index in [4.69, 9.17) is 0 Å². The van der Waals surface area contributed by atoms with Crippen LogP contribution in [0.25, 0.3) is 0 Å².